The Balaban J connectivity index is 2.96. The minimum Gasteiger partial charge on any atom is -0.160 e. The van der Waals surface area contributed by atoms with Crippen molar-refractivity contribution >= 4 is 111 Å². The molecule has 2 rings (SSSR count). The summed E-state index contributed by atoms with van der Waals surface area (Å²) < 4.78 is 1.46. The van der Waals surface area contributed by atoms with E-state index in [0.29, 0.717) is 0 Å². The Labute approximate surface area is 234 Å². The highest BCUT2D eigenvalue weighted by molar-refractivity contribution is 9.43. The molecule has 0 aromatic heterocycles. The van der Waals surface area contributed by atoms with E-state index in [-0.39, 0.29) is 0 Å². The molecule has 0 aromatic rings. The fourth-order valence-corrected chi connectivity index (χ4v) is 255. The third-order valence-electron chi connectivity index (χ3n) is 8.46. The second-order valence-electron chi connectivity index (χ2n) is 16.5. The maximum Gasteiger partial charge on any atom is 0.253 e. The highest BCUT2D eigenvalue weighted by Gasteiger charge is 2.85. The van der Waals surface area contributed by atoms with Gasteiger partial charge in [0.05, 0.1) is 0 Å². The Kier molecular flexibility index (Phi) is 8.91. The van der Waals surface area contributed by atoms with E-state index in [0.717, 1.165) is 7.82 Å². The van der Waals surface area contributed by atoms with Gasteiger partial charge in [0.2, 0.25) is 0 Å². The summed E-state index contributed by atoms with van der Waals surface area (Å²) in [6, 6.07) is 0. The first-order chi connectivity index (χ1) is 14.1. The molecule has 0 radical (unpaired) electrons. The van der Waals surface area contributed by atoms with Crippen LogP contribution in [0.4, 0.5) is 0 Å². The molecule has 0 aromatic carbocycles. The third-order valence-corrected chi connectivity index (χ3v) is 135. The monoisotopic (exact) mass is 678 g/mol. The van der Waals surface area contributed by atoms with Crippen LogP contribution in [0.3, 0.4) is 0 Å². The summed E-state index contributed by atoms with van der Waals surface area (Å²) in [6.45, 7) is 50.3. The van der Waals surface area contributed by atoms with Crippen molar-refractivity contribution in [1.29, 1.82) is 0 Å². The van der Waals surface area contributed by atoms with Crippen molar-refractivity contribution in [2.24, 2.45) is 0 Å². The maximum absolute atomic E-state index is 2.84. The van der Waals surface area contributed by atoms with Gasteiger partial charge in [0.25, 0.3) is 11.0 Å². The molecule has 0 N–H and O–H groups in total. The number of hydrogen-bond donors (Lipinski definition) is 0. The molecule has 196 valence electrons. The smallest absolute Gasteiger partial charge is 0.160 e. The van der Waals surface area contributed by atoms with Crippen molar-refractivity contribution in [2.45, 2.75) is 126 Å². The topological polar surface area (TPSA) is 0 Å². The molecule has 2 heterocycles. The largest absolute Gasteiger partial charge is 0.253 e. The molecule has 2 aliphatic heterocycles. The van der Waals surface area contributed by atoms with Gasteiger partial charge in [-0.2, -0.15) is 10.7 Å². The molecule has 0 nitrogen and oxygen atoms in total. The molecule has 0 saturated carbocycles. The zero-order valence-corrected chi connectivity index (χ0v) is 37.1. The molecule has 0 amide bonds. The van der Waals surface area contributed by atoms with Gasteiger partial charge < -0.3 is 0 Å². The molecule has 2 aliphatic rings. The lowest BCUT2D eigenvalue weighted by Crippen LogP contribution is -2.75. The molecule has 2 saturated heterocycles. The molecular weight excluding hydrogens is 625 g/mol. The van der Waals surface area contributed by atoms with Gasteiger partial charge >= 0.3 is 0 Å². The Morgan fingerprint density at radius 2 is 0.485 bits per heavy atom. The van der Waals surface area contributed by atoms with E-state index in [1.807, 2.05) is 0 Å². The van der Waals surface area contributed by atoms with Gasteiger partial charge in [-0.25, -0.2) is 0 Å². The van der Waals surface area contributed by atoms with Crippen LogP contribution in [0.2, 0.25) is 126 Å². The quantitative estimate of drug-likeness (QED) is 0.184. The summed E-state index contributed by atoms with van der Waals surface area (Å²) in [6.07, 6.45) is 0. The zero-order chi connectivity index (χ0) is 26.5. The summed E-state index contributed by atoms with van der Waals surface area (Å²) in [5.41, 5.74) is -3.29. The predicted molar refractivity (Wildman–Crippen MR) is 195 cm³/mol. The minimum atomic E-state index is -1.65. The first kappa shape index (κ1) is 32.7. The number of hydrogen-bond acceptors (Lipinski definition) is 5. The average molecular weight is 680 g/mol. The standard InChI is InChI=1S/C20H54S5Si8/c1-26(2,3)19(27(4,5)6,28(7,8)9)32-21-23-33(25-32,24-22-32)20(29(10,11)12,30(13,14)15)31(16,17)18/h1-18H3. The SMILES string of the molecule is C[Si](C)(C)C([Si](C)(C)C)([Si](C)(C)C)[Si]12SS[Si](C([Si](C)(C)C)([Si](C)(C)C)[Si](C)(C)C)(SS1)S2. The van der Waals surface area contributed by atoms with E-state index in [1.54, 1.807) is 0 Å². The lowest BCUT2D eigenvalue weighted by atomic mass is 11.6. The van der Waals surface area contributed by atoms with Gasteiger partial charge in [-0.3, -0.25) is 0 Å². The van der Waals surface area contributed by atoms with E-state index >= 15 is 0 Å². The van der Waals surface area contributed by atoms with E-state index in [4.69, 9.17) is 0 Å². The van der Waals surface area contributed by atoms with E-state index < -0.39 is 59.5 Å². The van der Waals surface area contributed by atoms with Gasteiger partial charge in [-0.15, -0.1) is 0 Å². The van der Waals surface area contributed by atoms with Gasteiger partial charge in [-0.1, -0.05) is 159 Å². The maximum atomic E-state index is 2.84. The summed E-state index contributed by atoms with van der Waals surface area (Å²) >= 11 is 0. The summed E-state index contributed by atoms with van der Waals surface area (Å²) in [5, 5.41) is 0. The third kappa shape index (κ3) is 4.36. The number of fused-ring (bicyclic) bond motifs is 2. The highest BCUT2D eigenvalue weighted by Crippen LogP contribution is 2.91. The molecule has 33 heavy (non-hydrogen) atoms. The zero-order valence-electron chi connectivity index (χ0n) is 25.0. The van der Waals surface area contributed by atoms with Crippen LogP contribution in [0.25, 0.3) is 0 Å². The first-order valence-corrected chi connectivity index (χ1v) is 47.0. The molecule has 0 spiro atoms. The van der Waals surface area contributed by atoms with E-state index in [2.05, 4.69) is 169 Å². The minimum absolute atomic E-state index is 0.731. The van der Waals surface area contributed by atoms with Crippen LogP contribution in [-0.4, -0.2) is 59.5 Å². The Bertz CT molecular complexity index is 618. The molecular formula is C20H54S5Si8. The van der Waals surface area contributed by atoms with Gasteiger partial charge in [0, 0.05) is 48.4 Å². The lowest BCUT2D eigenvalue weighted by Gasteiger charge is -2.64. The predicted octanol–water partition coefficient (Wildman–Crippen LogP) is 11.1. The second kappa shape index (κ2) is 9.00. The van der Waals surface area contributed by atoms with Crippen molar-refractivity contribution in [1.82, 2.24) is 0 Å². The van der Waals surface area contributed by atoms with Crippen molar-refractivity contribution in [3.63, 3.8) is 0 Å². The lowest BCUT2D eigenvalue weighted by molar-refractivity contribution is 1.23. The second-order valence-corrected chi connectivity index (χ2v) is 84.8. The average Bonchev–Trinajstić information content (AvgIpc) is 2.94. The van der Waals surface area contributed by atoms with Crippen LogP contribution < -0.4 is 0 Å². The van der Waals surface area contributed by atoms with Gasteiger partial charge in [0.1, 0.15) is 0 Å². The highest BCUT2D eigenvalue weighted by atomic mass is 33.6. The van der Waals surface area contributed by atoms with Crippen LogP contribution in [0.15, 0.2) is 0 Å². The first-order valence-electron chi connectivity index (χ1n) is 12.6. The van der Waals surface area contributed by atoms with Crippen molar-refractivity contribution < 1.29 is 0 Å². The van der Waals surface area contributed by atoms with Crippen LogP contribution in [0, 0.1) is 0 Å². The van der Waals surface area contributed by atoms with Crippen molar-refractivity contribution in [2.75, 3.05) is 0 Å². The van der Waals surface area contributed by atoms with E-state index in [1.165, 1.54) is 0 Å². The summed E-state index contributed by atoms with van der Waals surface area (Å²) in [5.74, 6) is 0. The summed E-state index contributed by atoms with van der Waals surface area (Å²) in [7, 11) is 4.72. The molecule has 0 aliphatic carbocycles. The van der Waals surface area contributed by atoms with Gasteiger partial charge in [-0.05, 0) is 7.82 Å². The summed E-state index contributed by atoms with van der Waals surface area (Å²) in [4.78, 5) is 0. The molecule has 0 atom stereocenters. The van der Waals surface area contributed by atoms with Crippen LogP contribution in [0.1, 0.15) is 0 Å². The molecule has 13 heteroatoms. The normalized spacial score (nSPS) is 28.5. The number of rotatable bonds is 8. The van der Waals surface area contributed by atoms with Crippen molar-refractivity contribution in [3.05, 3.63) is 0 Å². The molecule has 2 fully saturated rings. The van der Waals surface area contributed by atoms with Crippen LogP contribution in [-0.2, 0) is 0 Å². The van der Waals surface area contributed by atoms with Gasteiger partial charge in [0.15, 0.2) is 0 Å². The van der Waals surface area contributed by atoms with Crippen LogP contribution >= 0.6 is 51.6 Å². The molecule has 0 unspecified atom stereocenters. The molecule has 2 bridgehead atoms. The Morgan fingerprint density at radius 1 is 0.333 bits per heavy atom. The van der Waals surface area contributed by atoms with Crippen LogP contribution in [0.5, 0.6) is 0 Å². The fraction of sp³-hybridized carbons (Fsp3) is 1.00. The Morgan fingerprint density at radius 3 is 0.606 bits per heavy atom. The van der Waals surface area contributed by atoms with E-state index in [9.17, 15) is 0 Å². The Hall–Kier alpha value is 3.49. The van der Waals surface area contributed by atoms with Crippen molar-refractivity contribution in [3.8, 4) is 0 Å². The fourth-order valence-electron chi connectivity index (χ4n) is 10.4.